The van der Waals surface area contributed by atoms with Gasteiger partial charge in [0.2, 0.25) is 5.91 Å². The molecule has 1 aliphatic rings. The quantitative estimate of drug-likeness (QED) is 0.802. The minimum atomic E-state index is -0.297. The van der Waals surface area contributed by atoms with E-state index in [1.807, 2.05) is 18.2 Å². The first-order valence-electron chi connectivity index (χ1n) is 6.37. The molecule has 1 fully saturated rings. The molecular weight excluding hydrogens is 244 g/mol. The molecular formula is C14H20N2O3. The molecule has 1 aromatic rings. The first-order valence-corrected chi connectivity index (χ1v) is 6.37. The SMILES string of the molecule is COc1ccc(OC)c(CN(CC(N)=O)C2CC2)c1. The number of methoxy groups -OCH3 is 2. The van der Waals surface area contributed by atoms with Gasteiger partial charge in [0.15, 0.2) is 0 Å². The molecule has 2 N–H and O–H groups in total. The zero-order valence-electron chi connectivity index (χ0n) is 11.4. The highest BCUT2D eigenvalue weighted by Gasteiger charge is 2.30. The minimum Gasteiger partial charge on any atom is -0.497 e. The summed E-state index contributed by atoms with van der Waals surface area (Å²) >= 11 is 0. The van der Waals surface area contributed by atoms with Gasteiger partial charge in [0, 0.05) is 18.2 Å². The number of nitrogens with two attached hydrogens (primary N) is 1. The summed E-state index contributed by atoms with van der Waals surface area (Å²) in [6.45, 7) is 0.930. The van der Waals surface area contributed by atoms with Gasteiger partial charge < -0.3 is 15.2 Å². The average Bonchev–Trinajstić information content (AvgIpc) is 3.21. The summed E-state index contributed by atoms with van der Waals surface area (Å²) < 4.78 is 10.6. The smallest absolute Gasteiger partial charge is 0.231 e. The molecule has 1 amide bonds. The van der Waals surface area contributed by atoms with Gasteiger partial charge in [0.1, 0.15) is 11.5 Å². The summed E-state index contributed by atoms with van der Waals surface area (Å²) in [5.74, 6) is 1.29. The Balaban J connectivity index is 2.16. The highest BCUT2D eigenvalue weighted by Crippen LogP contribution is 2.31. The van der Waals surface area contributed by atoms with Crippen molar-refractivity contribution in [3.8, 4) is 11.5 Å². The van der Waals surface area contributed by atoms with Crippen LogP contribution in [0.1, 0.15) is 18.4 Å². The van der Waals surface area contributed by atoms with Crippen LogP contribution in [0.4, 0.5) is 0 Å². The van der Waals surface area contributed by atoms with E-state index in [-0.39, 0.29) is 12.5 Å². The highest BCUT2D eigenvalue weighted by atomic mass is 16.5. The molecule has 0 radical (unpaired) electrons. The van der Waals surface area contributed by atoms with Crippen LogP contribution in [0.2, 0.25) is 0 Å². The Hall–Kier alpha value is -1.75. The molecule has 0 saturated heterocycles. The van der Waals surface area contributed by atoms with Crippen molar-refractivity contribution >= 4 is 5.91 Å². The normalized spacial score (nSPS) is 14.5. The Kier molecular flexibility index (Phi) is 4.27. The number of carbonyl (C=O) groups is 1. The van der Waals surface area contributed by atoms with Crippen molar-refractivity contribution in [2.24, 2.45) is 5.73 Å². The van der Waals surface area contributed by atoms with Crippen LogP contribution in [0.5, 0.6) is 11.5 Å². The van der Waals surface area contributed by atoms with Crippen molar-refractivity contribution in [1.82, 2.24) is 4.90 Å². The molecule has 2 rings (SSSR count). The monoisotopic (exact) mass is 264 g/mol. The van der Waals surface area contributed by atoms with Gasteiger partial charge in [-0.05, 0) is 31.0 Å². The summed E-state index contributed by atoms with van der Waals surface area (Å²) in [5, 5.41) is 0. The fourth-order valence-corrected chi connectivity index (χ4v) is 2.18. The summed E-state index contributed by atoms with van der Waals surface area (Å²) in [5.41, 5.74) is 6.31. The average molecular weight is 264 g/mol. The number of carbonyl (C=O) groups excluding carboxylic acids is 1. The number of rotatable bonds is 7. The number of primary amides is 1. The number of amides is 1. The van der Waals surface area contributed by atoms with Crippen molar-refractivity contribution in [3.63, 3.8) is 0 Å². The maximum absolute atomic E-state index is 11.1. The summed E-state index contributed by atoms with van der Waals surface area (Å²) in [6.07, 6.45) is 2.25. The number of hydrogen-bond donors (Lipinski definition) is 1. The van der Waals surface area contributed by atoms with Gasteiger partial charge in [-0.25, -0.2) is 0 Å². The number of nitrogens with zero attached hydrogens (tertiary/aromatic N) is 1. The van der Waals surface area contributed by atoms with Gasteiger partial charge in [-0.1, -0.05) is 0 Å². The lowest BCUT2D eigenvalue weighted by Crippen LogP contribution is -2.35. The number of ether oxygens (including phenoxy) is 2. The Morgan fingerprint density at radius 1 is 1.37 bits per heavy atom. The van der Waals surface area contributed by atoms with Crippen molar-refractivity contribution in [2.75, 3.05) is 20.8 Å². The van der Waals surface area contributed by atoms with E-state index in [1.165, 1.54) is 0 Å². The third-order valence-electron chi connectivity index (χ3n) is 3.28. The molecule has 5 heteroatoms. The third kappa shape index (κ3) is 3.61. The lowest BCUT2D eigenvalue weighted by molar-refractivity contribution is -0.119. The van der Waals surface area contributed by atoms with Gasteiger partial charge in [-0.15, -0.1) is 0 Å². The van der Waals surface area contributed by atoms with Crippen molar-refractivity contribution in [2.45, 2.75) is 25.4 Å². The predicted octanol–water partition coefficient (Wildman–Crippen LogP) is 1.15. The summed E-state index contributed by atoms with van der Waals surface area (Å²) in [6, 6.07) is 6.14. The minimum absolute atomic E-state index is 0.283. The largest absolute Gasteiger partial charge is 0.497 e. The van der Waals surface area contributed by atoms with Crippen LogP contribution < -0.4 is 15.2 Å². The molecule has 0 atom stereocenters. The first-order chi connectivity index (χ1) is 9.13. The van der Waals surface area contributed by atoms with Gasteiger partial charge in [0.05, 0.1) is 20.8 Å². The van der Waals surface area contributed by atoms with Crippen LogP contribution in [0.15, 0.2) is 18.2 Å². The Labute approximate surface area is 113 Å². The van der Waals surface area contributed by atoms with Gasteiger partial charge in [-0.2, -0.15) is 0 Å². The topological polar surface area (TPSA) is 64.8 Å². The Bertz CT molecular complexity index is 458. The fraction of sp³-hybridized carbons (Fsp3) is 0.500. The van der Waals surface area contributed by atoms with Crippen LogP contribution in [-0.2, 0) is 11.3 Å². The fourth-order valence-electron chi connectivity index (χ4n) is 2.18. The first kappa shape index (κ1) is 13.7. The lowest BCUT2D eigenvalue weighted by atomic mass is 10.1. The molecule has 0 aromatic heterocycles. The molecule has 19 heavy (non-hydrogen) atoms. The van der Waals surface area contributed by atoms with Crippen LogP contribution in [0, 0.1) is 0 Å². The van der Waals surface area contributed by atoms with E-state index in [0.29, 0.717) is 12.6 Å². The molecule has 1 saturated carbocycles. The number of hydrogen-bond acceptors (Lipinski definition) is 4. The van der Waals surface area contributed by atoms with Crippen LogP contribution in [-0.4, -0.2) is 37.6 Å². The van der Waals surface area contributed by atoms with Crippen LogP contribution in [0.25, 0.3) is 0 Å². The van der Waals surface area contributed by atoms with Gasteiger partial charge >= 0.3 is 0 Å². The molecule has 0 aliphatic heterocycles. The molecule has 1 aliphatic carbocycles. The number of benzene rings is 1. The zero-order chi connectivity index (χ0) is 13.8. The zero-order valence-corrected chi connectivity index (χ0v) is 11.4. The van der Waals surface area contributed by atoms with Crippen molar-refractivity contribution in [1.29, 1.82) is 0 Å². The highest BCUT2D eigenvalue weighted by molar-refractivity contribution is 5.76. The molecule has 0 heterocycles. The van der Waals surface area contributed by atoms with E-state index in [9.17, 15) is 4.79 Å². The van der Waals surface area contributed by atoms with Gasteiger partial charge in [-0.3, -0.25) is 9.69 Å². The molecule has 0 unspecified atom stereocenters. The van der Waals surface area contributed by atoms with E-state index in [4.69, 9.17) is 15.2 Å². The lowest BCUT2D eigenvalue weighted by Gasteiger charge is -2.21. The maximum atomic E-state index is 11.1. The van der Waals surface area contributed by atoms with E-state index < -0.39 is 0 Å². The molecule has 0 spiro atoms. The standard InChI is InChI=1S/C14H20N2O3/c1-18-12-5-6-13(19-2)10(7-12)8-16(9-14(15)17)11-3-4-11/h5-7,11H,3-4,8-9H2,1-2H3,(H2,15,17). The van der Waals surface area contributed by atoms with Crippen LogP contribution >= 0.6 is 0 Å². The molecule has 5 nitrogen and oxygen atoms in total. The molecule has 0 bridgehead atoms. The maximum Gasteiger partial charge on any atom is 0.231 e. The second-order valence-corrected chi connectivity index (χ2v) is 4.78. The molecule has 104 valence electrons. The third-order valence-corrected chi connectivity index (χ3v) is 3.28. The Morgan fingerprint density at radius 2 is 2.11 bits per heavy atom. The summed E-state index contributed by atoms with van der Waals surface area (Å²) in [7, 11) is 3.27. The molecule has 1 aromatic carbocycles. The second kappa shape index (κ2) is 5.93. The van der Waals surface area contributed by atoms with E-state index in [2.05, 4.69) is 4.90 Å². The predicted molar refractivity (Wildman–Crippen MR) is 72.2 cm³/mol. The van der Waals surface area contributed by atoms with E-state index in [0.717, 1.165) is 29.9 Å². The van der Waals surface area contributed by atoms with Gasteiger partial charge in [0.25, 0.3) is 0 Å². The second-order valence-electron chi connectivity index (χ2n) is 4.78. The summed E-state index contributed by atoms with van der Waals surface area (Å²) in [4.78, 5) is 13.2. The van der Waals surface area contributed by atoms with E-state index >= 15 is 0 Å². The van der Waals surface area contributed by atoms with Crippen molar-refractivity contribution in [3.05, 3.63) is 23.8 Å². The van der Waals surface area contributed by atoms with Crippen LogP contribution in [0.3, 0.4) is 0 Å². The van der Waals surface area contributed by atoms with Crippen molar-refractivity contribution < 1.29 is 14.3 Å². The Morgan fingerprint density at radius 3 is 2.63 bits per heavy atom. The van der Waals surface area contributed by atoms with E-state index in [1.54, 1.807) is 14.2 Å².